The van der Waals surface area contributed by atoms with Crippen molar-refractivity contribution >= 4 is 33.6 Å². The molecule has 2 fully saturated rings. The molecule has 3 aromatic heterocycles. The molecule has 2 aliphatic heterocycles. The number of hydrogen-bond donors (Lipinski definition) is 2. The maximum absolute atomic E-state index is 13.7. The lowest BCUT2D eigenvalue weighted by molar-refractivity contribution is -0.196. The molecule has 0 spiro atoms. The molecule has 2 aliphatic rings. The van der Waals surface area contributed by atoms with Gasteiger partial charge in [-0.2, -0.15) is 0 Å². The van der Waals surface area contributed by atoms with E-state index in [2.05, 4.69) is 15.0 Å². The highest BCUT2D eigenvalue weighted by atomic mass is 19.1. The fourth-order valence-corrected chi connectivity index (χ4v) is 4.98. The monoisotopic (exact) mass is 464 g/mol. The van der Waals surface area contributed by atoms with Crippen LogP contribution in [0.1, 0.15) is 32.1 Å². The summed E-state index contributed by atoms with van der Waals surface area (Å²) in [4.78, 5) is 12.6. The number of anilines is 2. The Labute approximate surface area is 194 Å². The fraction of sp³-hybridized carbons (Fsp3) is 0.375. The molecule has 9 nitrogen and oxygen atoms in total. The Bertz CT molecular complexity index is 1410. The Morgan fingerprint density at radius 1 is 1.06 bits per heavy atom. The minimum absolute atomic E-state index is 0.100. The van der Waals surface area contributed by atoms with Crippen molar-refractivity contribution in [2.75, 3.05) is 11.5 Å². The fourth-order valence-electron chi connectivity index (χ4n) is 4.98. The van der Waals surface area contributed by atoms with Crippen LogP contribution in [0.15, 0.2) is 42.9 Å². The number of nitrogen functional groups attached to an aromatic ring is 2. The quantitative estimate of drug-likeness (QED) is 0.471. The maximum atomic E-state index is 13.7. The van der Waals surface area contributed by atoms with E-state index in [0.717, 1.165) is 17.4 Å². The van der Waals surface area contributed by atoms with E-state index < -0.39 is 17.8 Å². The summed E-state index contributed by atoms with van der Waals surface area (Å²) in [5.41, 5.74) is 14.1. The molecule has 6 rings (SSSR count). The van der Waals surface area contributed by atoms with Crippen molar-refractivity contribution in [3.63, 3.8) is 0 Å². The molecule has 4 atom stereocenters. The van der Waals surface area contributed by atoms with E-state index in [1.807, 2.05) is 48.9 Å². The number of benzene rings is 1. The maximum Gasteiger partial charge on any atom is 0.165 e. The molecular formula is C24H25FN6O3. The van der Waals surface area contributed by atoms with Crippen molar-refractivity contribution in [3.05, 3.63) is 54.2 Å². The van der Waals surface area contributed by atoms with E-state index >= 15 is 0 Å². The van der Waals surface area contributed by atoms with Gasteiger partial charge in [-0.1, -0.05) is 12.1 Å². The molecular weight excluding hydrogens is 439 g/mol. The number of aromatic nitrogens is 4. The van der Waals surface area contributed by atoms with Crippen molar-refractivity contribution in [1.82, 2.24) is 19.5 Å². The Hall–Kier alpha value is -3.34. The predicted molar refractivity (Wildman–Crippen MR) is 124 cm³/mol. The summed E-state index contributed by atoms with van der Waals surface area (Å²) in [5.74, 6) is -0.913. The van der Waals surface area contributed by atoms with Crippen LogP contribution in [-0.4, -0.2) is 43.6 Å². The zero-order valence-electron chi connectivity index (χ0n) is 18.8. The normalized spacial score (nSPS) is 25.9. The Morgan fingerprint density at radius 2 is 1.88 bits per heavy atom. The molecule has 0 saturated carbocycles. The van der Waals surface area contributed by atoms with Gasteiger partial charge in [0.25, 0.3) is 0 Å². The van der Waals surface area contributed by atoms with Crippen LogP contribution in [-0.2, 0) is 20.6 Å². The molecule has 5 heterocycles. The van der Waals surface area contributed by atoms with Crippen molar-refractivity contribution in [1.29, 1.82) is 0 Å². The largest absolute Gasteiger partial charge is 0.383 e. The third-order valence-corrected chi connectivity index (χ3v) is 6.52. The van der Waals surface area contributed by atoms with E-state index in [1.54, 1.807) is 0 Å². The van der Waals surface area contributed by atoms with E-state index in [9.17, 15) is 4.39 Å². The van der Waals surface area contributed by atoms with Crippen LogP contribution in [0.2, 0.25) is 0 Å². The first-order valence-electron chi connectivity index (χ1n) is 11.2. The van der Waals surface area contributed by atoms with Gasteiger partial charge in [-0.3, -0.25) is 0 Å². The molecule has 34 heavy (non-hydrogen) atoms. The molecule has 176 valence electrons. The molecule has 4 aromatic rings. The van der Waals surface area contributed by atoms with E-state index in [1.165, 1.54) is 12.4 Å². The lowest BCUT2D eigenvalue weighted by Gasteiger charge is -2.25. The summed E-state index contributed by atoms with van der Waals surface area (Å²) in [6.45, 7) is 3.82. The van der Waals surface area contributed by atoms with E-state index in [-0.39, 0.29) is 24.1 Å². The SMILES string of the molecule is CC1(C)O[C@@H]2[C@H](O1)[C@@H](CCc1ccc3cc(F)c(N)nc3c1)O[C@H]2n1ccc2c(N)ncnc21. The molecule has 0 unspecified atom stereocenters. The number of halogens is 1. The Morgan fingerprint density at radius 3 is 2.74 bits per heavy atom. The van der Waals surface area contributed by atoms with Crippen LogP contribution < -0.4 is 11.5 Å². The minimum Gasteiger partial charge on any atom is -0.383 e. The van der Waals surface area contributed by atoms with Crippen LogP contribution in [0.5, 0.6) is 0 Å². The zero-order valence-corrected chi connectivity index (χ0v) is 18.8. The molecule has 0 bridgehead atoms. The summed E-state index contributed by atoms with van der Waals surface area (Å²) in [5, 5.41) is 1.48. The first-order chi connectivity index (χ1) is 16.3. The molecule has 1 aromatic carbocycles. The van der Waals surface area contributed by atoms with Crippen LogP contribution in [0.4, 0.5) is 16.0 Å². The summed E-state index contributed by atoms with van der Waals surface area (Å²) in [6, 6.07) is 9.05. The zero-order chi connectivity index (χ0) is 23.6. The van der Waals surface area contributed by atoms with Crippen LogP contribution in [0, 0.1) is 5.82 Å². The van der Waals surface area contributed by atoms with Gasteiger partial charge in [0, 0.05) is 11.6 Å². The molecule has 0 radical (unpaired) electrons. The molecule has 10 heteroatoms. The smallest absolute Gasteiger partial charge is 0.165 e. The van der Waals surface area contributed by atoms with Crippen LogP contribution in [0.25, 0.3) is 21.9 Å². The van der Waals surface area contributed by atoms with Gasteiger partial charge in [0.05, 0.1) is 17.0 Å². The van der Waals surface area contributed by atoms with Crippen molar-refractivity contribution in [3.8, 4) is 0 Å². The van der Waals surface area contributed by atoms with Gasteiger partial charge in [-0.15, -0.1) is 0 Å². The third-order valence-electron chi connectivity index (χ3n) is 6.52. The van der Waals surface area contributed by atoms with Crippen molar-refractivity contribution in [2.24, 2.45) is 0 Å². The minimum atomic E-state index is -0.721. The third kappa shape index (κ3) is 3.46. The number of rotatable bonds is 4. The first-order valence-corrected chi connectivity index (χ1v) is 11.2. The summed E-state index contributed by atoms with van der Waals surface area (Å²) in [7, 11) is 0. The standard InChI is InChI=1S/C24H25FN6O3/c1-24(2)33-18-17(6-4-12-3-5-13-10-15(25)21(27)30-16(13)9-12)32-23(19(18)34-24)31-8-7-14-20(26)28-11-29-22(14)31/h3,5,7-11,17-19,23H,4,6H2,1-2H3,(H2,27,30)(H2,26,28,29)/t17-,18-,19-,23-/m1/s1. The molecule has 0 aliphatic carbocycles. The average molecular weight is 465 g/mol. The lowest BCUT2D eigenvalue weighted by Crippen LogP contribution is -2.29. The van der Waals surface area contributed by atoms with Gasteiger partial charge in [0.2, 0.25) is 0 Å². The highest BCUT2D eigenvalue weighted by Crippen LogP contribution is 2.45. The van der Waals surface area contributed by atoms with Gasteiger partial charge in [-0.25, -0.2) is 19.3 Å². The van der Waals surface area contributed by atoms with E-state index in [0.29, 0.717) is 28.8 Å². The summed E-state index contributed by atoms with van der Waals surface area (Å²) < 4.78 is 34.6. The number of aryl methyl sites for hydroxylation is 1. The number of nitrogens with zero attached hydrogens (tertiary/aromatic N) is 4. The number of ether oxygens (including phenoxy) is 3. The van der Waals surface area contributed by atoms with E-state index in [4.69, 9.17) is 25.7 Å². The first kappa shape index (κ1) is 21.2. The second-order valence-corrected chi connectivity index (χ2v) is 9.27. The van der Waals surface area contributed by atoms with Crippen molar-refractivity contribution < 1.29 is 18.6 Å². The summed E-state index contributed by atoms with van der Waals surface area (Å²) in [6.07, 6.45) is 3.62. The molecule has 0 amide bonds. The second kappa shape index (κ2) is 7.59. The molecule has 2 saturated heterocycles. The Balaban J connectivity index is 1.27. The van der Waals surface area contributed by atoms with Gasteiger partial charge in [-0.05, 0) is 50.5 Å². The van der Waals surface area contributed by atoms with Gasteiger partial charge < -0.3 is 30.2 Å². The second-order valence-electron chi connectivity index (χ2n) is 9.27. The van der Waals surface area contributed by atoms with Gasteiger partial charge in [0.1, 0.15) is 30.0 Å². The predicted octanol–water partition coefficient (Wildman–Crippen LogP) is 3.33. The number of hydrogen-bond acceptors (Lipinski definition) is 8. The van der Waals surface area contributed by atoms with Gasteiger partial charge >= 0.3 is 0 Å². The number of fused-ring (bicyclic) bond motifs is 3. The Kier molecular flexibility index (Phi) is 4.73. The topological polar surface area (TPSA) is 123 Å². The van der Waals surface area contributed by atoms with Gasteiger partial charge in [0.15, 0.2) is 23.7 Å². The number of nitrogens with two attached hydrogens (primary N) is 2. The lowest BCUT2D eigenvalue weighted by atomic mass is 10.0. The van der Waals surface area contributed by atoms with Crippen molar-refractivity contribution in [2.45, 2.75) is 57.0 Å². The highest BCUT2D eigenvalue weighted by Gasteiger charge is 2.55. The van der Waals surface area contributed by atoms with Crippen LogP contribution in [0.3, 0.4) is 0 Å². The number of pyridine rings is 1. The average Bonchev–Trinajstić information content (AvgIpc) is 3.45. The molecule has 4 N–H and O–H groups in total. The summed E-state index contributed by atoms with van der Waals surface area (Å²) >= 11 is 0. The highest BCUT2D eigenvalue weighted by molar-refractivity contribution is 5.86. The van der Waals surface area contributed by atoms with Crippen LogP contribution >= 0.6 is 0 Å².